The number of likely N-dealkylation sites (tertiary alicyclic amines) is 1. The van der Waals surface area contributed by atoms with Gasteiger partial charge >= 0.3 is 11.9 Å². The highest BCUT2D eigenvalue weighted by molar-refractivity contribution is 5.88. The van der Waals surface area contributed by atoms with Gasteiger partial charge in [-0.15, -0.1) is 0 Å². The minimum absolute atomic E-state index is 0.0734. The molecule has 11 nitrogen and oxygen atoms in total. The number of piperidine rings is 1. The number of rotatable bonds is 11. The van der Waals surface area contributed by atoms with Crippen LogP contribution in [0.1, 0.15) is 78.6 Å². The predicted octanol–water partition coefficient (Wildman–Crippen LogP) is 1.86. The van der Waals surface area contributed by atoms with Gasteiger partial charge in [-0.3, -0.25) is 9.59 Å². The Morgan fingerprint density at radius 3 is 2.68 bits per heavy atom. The molecule has 11 heteroatoms. The average molecular weight is 619 g/mol. The van der Waals surface area contributed by atoms with Crippen LogP contribution in [0.15, 0.2) is 11.6 Å². The molecule has 0 aromatic carbocycles. The summed E-state index contributed by atoms with van der Waals surface area (Å²) in [6.07, 6.45) is 6.79. The second kappa shape index (κ2) is 13.7. The number of esters is 2. The van der Waals surface area contributed by atoms with Crippen molar-refractivity contribution in [3.63, 3.8) is 0 Å². The van der Waals surface area contributed by atoms with Crippen molar-refractivity contribution in [2.75, 3.05) is 39.8 Å². The van der Waals surface area contributed by atoms with E-state index in [0.29, 0.717) is 56.1 Å². The average Bonchev–Trinajstić information content (AvgIpc) is 3.31. The number of aliphatic hydroxyl groups excluding tert-OH is 1. The lowest BCUT2D eigenvalue weighted by atomic mass is 9.67. The van der Waals surface area contributed by atoms with Crippen molar-refractivity contribution in [1.82, 2.24) is 15.5 Å². The van der Waals surface area contributed by atoms with Crippen molar-refractivity contribution >= 4 is 17.8 Å². The Hall–Kier alpha value is -2.05. The largest absolute Gasteiger partial charge is 0.462 e. The first kappa shape index (κ1) is 33.3. The van der Waals surface area contributed by atoms with Crippen LogP contribution in [0, 0.1) is 29.6 Å². The van der Waals surface area contributed by atoms with Gasteiger partial charge < -0.3 is 40.6 Å². The van der Waals surface area contributed by atoms with Gasteiger partial charge in [-0.1, -0.05) is 6.08 Å². The topological polar surface area (TPSA) is 152 Å². The third kappa shape index (κ3) is 7.02. The van der Waals surface area contributed by atoms with E-state index in [1.807, 2.05) is 25.8 Å². The number of fused-ring (bicyclic) bond motifs is 2. The summed E-state index contributed by atoms with van der Waals surface area (Å²) in [7, 11) is 1.94. The SMILES string of the molecule is CC=C(CCO)C(=O)OC(C)(C)[C@@]1(CC2CC(N)NCC2CC(=O)N2CC(CNC)C2)CC2CC3CCC(=O)OC3CC2O1. The maximum absolute atomic E-state index is 13.4. The molecule has 1 amide bonds. The molecule has 248 valence electrons. The van der Waals surface area contributed by atoms with E-state index in [0.717, 1.165) is 38.9 Å². The van der Waals surface area contributed by atoms with E-state index in [1.54, 1.807) is 13.0 Å². The molecule has 0 bridgehead atoms. The normalized spacial score (nSPS) is 36.2. The van der Waals surface area contributed by atoms with Crippen molar-refractivity contribution in [1.29, 1.82) is 0 Å². The number of carbonyl (C=O) groups is 3. The number of allylic oxidation sites excluding steroid dienone is 1. The maximum Gasteiger partial charge on any atom is 0.334 e. The molecule has 44 heavy (non-hydrogen) atoms. The van der Waals surface area contributed by atoms with Crippen LogP contribution in [-0.4, -0.2) is 97.3 Å². The number of nitrogens with zero attached hydrogens (tertiary/aromatic N) is 1. The van der Waals surface area contributed by atoms with E-state index in [9.17, 15) is 19.5 Å². The van der Waals surface area contributed by atoms with Gasteiger partial charge in [0, 0.05) is 70.0 Å². The van der Waals surface area contributed by atoms with Gasteiger partial charge in [0.25, 0.3) is 0 Å². The summed E-state index contributed by atoms with van der Waals surface area (Å²) in [4.78, 5) is 40.8. The number of aliphatic hydroxyl groups is 1. The summed E-state index contributed by atoms with van der Waals surface area (Å²) in [5, 5.41) is 16.1. The van der Waals surface area contributed by atoms with E-state index in [2.05, 4.69) is 10.6 Å². The molecule has 0 aromatic heterocycles. The van der Waals surface area contributed by atoms with E-state index < -0.39 is 17.2 Å². The van der Waals surface area contributed by atoms with Crippen LogP contribution >= 0.6 is 0 Å². The molecule has 5 N–H and O–H groups in total. The second-order valence-electron chi connectivity index (χ2n) is 14.5. The molecule has 1 aliphatic carbocycles. The third-order valence-electron chi connectivity index (χ3n) is 11.2. The Morgan fingerprint density at radius 1 is 1.20 bits per heavy atom. The Morgan fingerprint density at radius 2 is 1.98 bits per heavy atom. The van der Waals surface area contributed by atoms with Gasteiger partial charge in [-0.25, -0.2) is 4.79 Å². The third-order valence-corrected chi connectivity index (χ3v) is 11.2. The summed E-state index contributed by atoms with van der Waals surface area (Å²) < 4.78 is 19.2. The van der Waals surface area contributed by atoms with Crippen LogP contribution in [-0.2, 0) is 28.6 Å². The van der Waals surface area contributed by atoms with E-state index in [4.69, 9.17) is 19.9 Å². The molecule has 4 saturated heterocycles. The first-order valence-corrected chi connectivity index (χ1v) is 16.8. The molecule has 5 aliphatic rings. The lowest BCUT2D eigenvalue weighted by Gasteiger charge is -2.48. The number of amides is 1. The number of hydrogen-bond acceptors (Lipinski definition) is 10. The Labute approximate surface area is 262 Å². The highest BCUT2D eigenvalue weighted by atomic mass is 16.6. The van der Waals surface area contributed by atoms with Crippen molar-refractivity contribution in [3.05, 3.63) is 11.6 Å². The smallest absolute Gasteiger partial charge is 0.334 e. The number of nitrogens with one attached hydrogen (secondary N) is 2. The van der Waals surface area contributed by atoms with Crippen LogP contribution in [0.3, 0.4) is 0 Å². The molecular weight excluding hydrogens is 564 g/mol. The van der Waals surface area contributed by atoms with Crippen molar-refractivity contribution in [2.24, 2.45) is 35.3 Å². The zero-order valence-corrected chi connectivity index (χ0v) is 27.0. The fourth-order valence-electron chi connectivity index (χ4n) is 8.57. The molecule has 4 heterocycles. The van der Waals surface area contributed by atoms with Crippen LogP contribution in [0.25, 0.3) is 0 Å². The number of ether oxygens (including phenoxy) is 3. The predicted molar refractivity (Wildman–Crippen MR) is 164 cm³/mol. The molecule has 5 fully saturated rings. The van der Waals surface area contributed by atoms with Crippen molar-refractivity contribution in [2.45, 2.75) is 108 Å². The number of hydrogen-bond donors (Lipinski definition) is 4. The van der Waals surface area contributed by atoms with E-state index in [1.165, 1.54) is 0 Å². The van der Waals surface area contributed by atoms with E-state index >= 15 is 0 Å². The summed E-state index contributed by atoms with van der Waals surface area (Å²) >= 11 is 0. The maximum atomic E-state index is 13.4. The van der Waals surface area contributed by atoms with Gasteiger partial charge in [0.15, 0.2) is 0 Å². The molecule has 1 saturated carbocycles. The standard InChI is InChI=1S/C33H54N4O7/c1-5-21(8-9-38)31(41)44-32(2,3)33(15-24-10-22-6-7-30(40)42-26(22)13-27(24)43-33)14-23-11-28(34)36-17-25(23)12-29(39)37-18-20(19-37)16-35-4/h5,20,22-28,35-36,38H,6-19,34H2,1-4H3/t22?,23?,24?,25?,26?,27?,28?,33-/m1/s1. The van der Waals surface area contributed by atoms with Crippen LogP contribution in [0.5, 0.6) is 0 Å². The van der Waals surface area contributed by atoms with E-state index in [-0.39, 0.29) is 61.0 Å². The molecule has 0 spiro atoms. The fourth-order valence-corrected chi connectivity index (χ4v) is 8.57. The molecule has 0 radical (unpaired) electrons. The molecular formula is C33H54N4O7. The van der Waals surface area contributed by atoms with Crippen LogP contribution in [0.4, 0.5) is 0 Å². The van der Waals surface area contributed by atoms with Crippen LogP contribution in [0.2, 0.25) is 0 Å². The zero-order chi connectivity index (χ0) is 31.6. The quantitative estimate of drug-likeness (QED) is 0.199. The first-order valence-electron chi connectivity index (χ1n) is 16.8. The van der Waals surface area contributed by atoms with Crippen LogP contribution < -0.4 is 16.4 Å². The van der Waals surface area contributed by atoms with Gasteiger partial charge in [0.1, 0.15) is 17.3 Å². The second-order valence-corrected chi connectivity index (χ2v) is 14.5. The Balaban J connectivity index is 1.38. The lowest BCUT2D eigenvalue weighted by molar-refractivity contribution is -0.207. The monoisotopic (exact) mass is 618 g/mol. The number of carbonyl (C=O) groups excluding carboxylic acids is 3. The summed E-state index contributed by atoms with van der Waals surface area (Å²) in [6, 6.07) is 0. The molecule has 7 unspecified atom stereocenters. The molecule has 8 atom stereocenters. The lowest BCUT2D eigenvalue weighted by Crippen LogP contribution is -2.58. The van der Waals surface area contributed by atoms with Gasteiger partial charge in [0.2, 0.25) is 5.91 Å². The van der Waals surface area contributed by atoms with Crippen molar-refractivity contribution in [3.8, 4) is 0 Å². The minimum Gasteiger partial charge on any atom is -0.462 e. The zero-order valence-electron chi connectivity index (χ0n) is 27.0. The molecule has 4 aliphatic heterocycles. The summed E-state index contributed by atoms with van der Waals surface area (Å²) in [6.45, 7) is 8.64. The highest BCUT2D eigenvalue weighted by Crippen LogP contribution is 2.55. The number of nitrogens with two attached hydrogens (primary N) is 1. The van der Waals surface area contributed by atoms with Gasteiger partial charge in [-0.05, 0) is 83.6 Å². The summed E-state index contributed by atoms with van der Waals surface area (Å²) in [5.41, 5.74) is 5.07. The van der Waals surface area contributed by atoms with Gasteiger partial charge in [-0.2, -0.15) is 0 Å². The highest BCUT2D eigenvalue weighted by Gasteiger charge is 2.60. The van der Waals surface area contributed by atoms with Gasteiger partial charge in [0.05, 0.1) is 12.3 Å². The molecule has 0 aromatic rings. The first-order chi connectivity index (χ1) is 21.0. The molecule has 5 rings (SSSR count). The Bertz CT molecular complexity index is 1090. The van der Waals surface area contributed by atoms with Crippen molar-refractivity contribution < 1.29 is 33.7 Å². The minimum atomic E-state index is -1.01. The summed E-state index contributed by atoms with van der Waals surface area (Å²) in [5.74, 6) is 0.826. The Kier molecular flexibility index (Phi) is 10.4. The fraction of sp³-hybridized carbons (Fsp3) is 0.848.